The number of nitrogens with zero attached hydrogens (tertiary/aromatic N) is 2. The number of carbonyl (C=O) groups is 2. The van der Waals surface area contributed by atoms with Gasteiger partial charge in [-0.1, -0.05) is 30.3 Å². The zero-order valence-electron chi connectivity index (χ0n) is 16.9. The van der Waals surface area contributed by atoms with Crippen LogP contribution >= 0.6 is 0 Å². The maximum Gasteiger partial charge on any atom is 0.407 e. The van der Waals surface area contributed by atoms with E-state index in [-0.39, 0.29) is 24.3 Å². The standard InChI is InChI=1S/C21H23N3O7/c1-30-19-12-23(15-7-8-18(24(28)29)16(11-15)20(25)26)10-9-17(19)22-21(27)31-13-14-5-3-2-4-6-14/h2-8,11,17,19H,9-10,12-13H2,1H3,(H,22,27)(H,25,26)/t17-,19+/m0/s1. The number of carboxylic acids is 1. The van der Waals surface area contributed by atoms with Gasteiger partial charge in [0.15, 0.2) is 0 Å². The zero-order chi connectivity index (χ0) is 22.4. The monoisotopic (exact) mass is 429 g/mol. The number of alkyl carbamates (subject to hydrolysis) is 1. The number of aromatic carboxylic acids is 1. The first-order chi connectivity index (χ1) is 14.9. The minimum Gasteiger partial charge on any atom is -0.477 e. The summed E-state index contributed by atoms with van der Waals surface area (Å²) in [6.07, 6.45) is -0.396. The molecule has 1 heterocycles. The lowest BCUT2D eigenvalue weighted by Crippen LogP contribution is -2.55. The highest BCUT2D eigenvalue weighted by Gasteiger charge is 2.32. The number of methoxy groups -OCH3 is 1. The van der Waals surface area contributed by atoms with Crippen LogP contribution in [-0.4, -0.2) is 54.4 Å². The van der Waals surface area contributed by atoms with E-state index in [1.165, 1.54) is 25.3 Å². The van der Waals surface area contributed by atoms with Crippen molar-refractivity contribution >= 4 is 23.4 Å². The maximum absolute atomic E-state index is 12.2. The first-order valence-corrected chi connectivity index (χ1v) is 9.65. The van der Waals surface area contributed by atoms with Gasteiger partial charge in [-0.15, -0.1) is 0 Å². The van der Waals surface area contributed by atoms with E-state index in [9.17, 15) is 24.8 Å². The molecule has 1 saturated heterocycles. The molecule has 164 valence electrons. The summed E-state index contributed by atoms with van der Waals surface area (Å²) in [5.41, 5.74) is 0.580. The van der Waals surface area contributed by atoms with Crippen molar-refractivity contribution in [3.8, 4) is 0 Å². The first kappa shape index (κ1) is 22.0. The minimum absolute atomic E-state index is 0.157. The predicted octanol–water partition coefficient (Wildman–Crippen LogP) is 2.81. The fraction of sp³-hybridized carbons (Fsp3) is 0.333. The molecule has 2 aromatic rings. The highest BCUT2D eigenvalue weighted by atomic mass is 16.6. The van der Waals surface area contributed by atoms with Gasteiger partial charge in [0.25, 0.3) is 5.69 Å². The van der Waals surface area contributed by atoms with Crippen LogP contribution in [-0.2, 0) is 16.1 Å². The van der Waals surface area contributed by atoms with Crippen molar-refractivity contribution in [3.63, 3.8) is 0 Å². The van der Waals surface area contributed by atoms with Crippen LogP contribution in [0.5, 0.6) is 0 Å². The minimum atomic E-state index is -1.37. The number of nitrogens with one attached hydrogen (secondary N) is 1. The molecule has 10 heteroatoms. The lowest BCUT2D eigenvalue weighted by molar-refractivity contribution is -0.385. The van der Waals surface area contributed by atoms with Gasteiger partial charge in [0.05, 0.1) is 17.1 Å². The average molecular weight is 429 g/mol. The van der Waals surface area contributed by atoms with Crippen molar-refractivity contribution in [1.82, 2.24) is 5.32 Å². The van der Waals surface area contributed by atoms with Crippen LogP contribution in [0, 0.1) is 10.1 Å². The maximum atomic E-state index is 12.2. The molecule has 1 aliphatic rings. The number of ether oxygens (including phenoxy) is 2. The molecular weight excluding hydrogens is 406 g/mol. The Hall–Kier alpha value is -3.66. The summed E-state index contributed by atoms with van der Waals surface area (Å²) in [6.45, 7) is 1.03. The van der Waals surface area contributed by atoms with Crippen LogP contribution in [0.3, 0.4) is 0 Å². The van der Waals surface area contributed by atoms with Gasteiger partial charge in [-0.3, -0.25) is 10.1 Å². The van der Waals surface area contributed by atoms with E-state index >= 15 is 0 Å². The van der Waals surface area contributed by atoms with E-state index in [1.54, 1.807) is 0 Å². The average Bonchev–Trinajstić information content (AvgIpc) is 2.78. The molecule has 0 spiro atoms. The number of anilines is 1. The number of hydrogen-bond acceptors (Lipinski definition) is 7. The molecule has 2 aromatic carbocycles. The molecule has 0 saturated carbocycles. The molecule has 0 aromatic heterocycles. The summed E-state index contributed by atoms with van der Waals surface area (Å²) < 4.78 is 10.8. The number of rotatable bonds is 7. The number of benzene rings is 2. The fourth-order valence-electron chi connectivity index (χ4n) is 3.52. The number of nitro benzene ring substituents is 1. The summed E-state index contributed by atoms with van der Waals surface area (Å²) in [7, 11) is 1.52. The van der Waals surface area contributed by atoms with E-state index < -0.39 is 22.7 Å². The Morgan fingerprint density at radius 3 is 2.65 bits per heavy atom. The van der Waals surface area contributed by atoms with Crippen LogP contribution in [0.1, 0.15) is 22.3 Å². The molecule has 3 rings (SSSR count). The van der Waals surface area contributed by atoms with Crippen molar-refractivity contribution in [2.24, 2.45) is 0 Å². The zero-order valence-corrected chi connectivity index (χ0v) is 16.9. The Bertz CT molecular complexity index is 951. The third-order valence-electron chi connectivity index (χ3n) is 5.15. The van der Waals surface area contributed by atoms with Gasteiger partial charge in [0.1, 0.15) is 12.2 Å². The number of piperidine rings is 1. The lowest BCUT2D eigenvalue weighted by atomic mass is 10.0. The van der Waals surface area contributed by atoms with Gasteiger partial charge in [-0.05, 0) is 24.1 Å². The summed E-state index contributed by atoms with van der Waals surface area (Å²) in [5.74, 6) is -1.37. The number of carbonyl (C=O) groups excluding carboxylic acids is 1. The van der Waals surface area contributed by atoms with Crippen LogP contribution in [0.4, 0.5) is 16.2 Å². The van der Waals surface area contributed by atoms with E-state index in [4.69, 9.17) is 9.47 Å². The quantitative estimate of drug-likeness (QED) is 0.507. The van der Waals surface area contributed by atoms with E-state index in [2.05, 4.69) is 5.32 Å². The van der Waals surface area contributed by atoms with Crippen molar-refractivity contribution in [1.29, 1.82) is 0 Å². The smallest absolute Gasteiger partial charge is 0.407 e. The third kappa shape index (κ3) is 5.48. The molecule has 0 bridgehead atoms. The van der Waals surface area contributed by atoms with Crippen molar-refractivity contribution < 1.29 is 29.1 Å². The third-order valence-corrected chi connectivity index (χ3v) is 5.15. The van der Waals surface area contributed by atoms with Crippen molar-refractivity contribution in [2.75, 3.05) is 25.1 Å². The Kier molecular flexibility index (Phi) is 7.03. The van der Waals surface area contributed by atoms with Crippen LogP contribution in [0.2, 0.25) is 0 Å². The van der Waals surface area contributed by atoms with E-state index in [0.29, 0.717) is 25.2 Å². The highest BCUT2D eigenvalue weighted by molar-refractivity contribution is 5.93. The molecule has 10 nitrogen and oxygen atoms in total. The molecule has 0 aliphatic carbocycles. The number of hydrogen-bond donors (Lipinski definition) is 2. The molecule has 0 unspecified atom stereocenters. The van der Waals surface area contributed by atoms with Gasteiger partial charge in [-0.2, -0.15) is 0 Å². The van der Waals surface area contributed by atoms with Crippen LogP contribution in [0.25, 0.3) is 0 Å². The Morgan fingerprint density at radius 1 is 1.26 bits per heavy atom. The lowest BCUT2D eigenvalue weighted by Gasteiger charge is -2.39. The molecule has 0 radical (unpaired) electrons. The summed E-state index contributed by atoms with van der Waals surface area (Å²) in [6, 6.07) is 13.0. The van der Waals surface area contributed by atoms with Crippen LogP contribution < -0.4 is 10.2 Å². The van der Waals surface area contributed by atoms with Gasteiger partial charge in [-0.25, -0.2) is 9.59 Å². The molecular formula is C21H23N3O7. The molecule has 1 fully saturated rings. The van der Waals surface area contributed by atoms with Gasteiger partial charge in [0.2, 0.25) is 0 Å². The largest absolute Gasteiger partial charge is 0.477 e. The van der Waals surface area contributed by atoms with E-state index in [1.807, 2.05) is 35.2 Å². The fourth-order valence-corrected chi connectivity index (χ4v) is 3.52. The van der Waals surface area contributed by atoms with Crippen LogP contribution in [0.15, 0.2) is 48.5 Å². The SMILES string of the molecule is CO[C@@H]1CN(c2ccc([N+](=O)[O-])c(C(=O)O)c2)CC[C@@H]1NC(=O)OCc1ccccc1. The van der Waals surface area contributed by atoms with Crippen molar-refractivity contribution in [2.45, 2.75) is 25.2 Å². The predicted molar refractivity (Wildman–Crippen MR) is 111 cm³/mol. The molecule has 1 aliphatic heterocycles. The van der Waals surface area contributed by atoms with Gasteiger partial charge < -0.3 is 24.8 Å². The molecule has 2 N–H and O–H groups in total. The normalized spacial score (nSPS) is 18.3. The van der Waals surface area contributed by atoms with E-state index in [0.717, 1.165) is 5.56 Å². The van der Waals surface area contributed by atoms with Crippen molar-refractivity contribution in [3.05, 3.63) is 69.8 Å². The number of amides is 1. The van der Waals surface area contributed by atoms with Gasteiger partial charge in [0, 0.05) is 32.0 Å². The topological polar surface area (TPSA) is 131 Å². The van der Waals surface area contributed by atoms with Gasteiger partial charge >= 0.3 is 12.1 Å². The highest BCUT2D eigenvalue weighted by Crippen LogP contribution is 2.28. The molecule has 1 amide bonds. The Morgan fingerprint density at radius 2 is 2.00 bits per heavy atom. The second-order valence-electron chi connectivity index (χ2n) is 7.09. The molecule has 31 heavy (non-hydrogen) atoms. The first-order valence-electron chi connectivity index (χ1n) is 9.65. The summed E-state index contributed by atoms with van der Waals surface area (Å²) in [4.78, 5) is 35.8. The second-order valence-corrected chi connectivity index (χ2v) is 7.09. The second kappa shape index (κ2) is 9.90. The number of carboxylic acid groups (broad SMARTS) is 1. The Balaban J connectivity index is 1.62. The summed E-state index contributed by atoms with van der Waals surface area (Å²) in [5, 5.41) is 23.2. The number of nitro groups is 1. The molecule has 2 atom stereocenters. The Labute approximate surface area is 178 Å². The summed E-state index contributed by atoms with van der Waals surface area (Å²) >= 11 is 0.